The van der Waals surface area contributed by atoms with E-state index in [0.717, 1.165) is 16.8 Å². The zero-order valence-electron chi connectivity index (χ0n) is 16.9. The summed E-state index contributed by atoms with van der Waals surface area (Å²) >= 11 is 0. The monoisotopic (exact) mass is 418 g/mol. The van der Waals surface area contributed by atoms with Crippen LogP contribution in [0, 0.1) is 17.3 Å². The fraction of sp³-hybridized carbons (Fsp3) is 0.190. The van der Waals surface area contributed by atoms with Gasteiger partial charge in [-0.1, -0.05) is 6.07 Å². The van der Waals surface area contributed by atoms with Gasteiger partial charge in [-0.2, -0.15) is 14.8 Å². The van der Waals surface area contributed by atoms with E-state index in [4.69, 9.17) is 4.74 Å². The minimum atomic E-state index is -0.548. The molecule has 0 fully saturated rings. The zero-order chi connectivity index (χ0) is 21.8. The van der Waals surface area contributed by atoms with Crippen LogP contribution in [-0.2, 0) is 13.6 Å². The Labute approximate surface area is 177 Å². The summed E-state index contributed by atoms with van der Waals surface area (Å²) in [6.07, 6.45) is 9.26. The Morgan fingerprint density at radius 1 is 1.16 bits per heavy atom. The summed E-state index contributed by atoms with van der Waals surface area (Å²) in [6, 6.07) is 7.41. The number of aryl methyl sites for hydroxylation is 1. The highest BCUT2D eigenvalue weighted by Gasteiger charge is 2.12. The van der Waals surface area contributed by atoms with Crippen molar-refractivity contribution < 1.29 is 9.13 Å². The summed E-state index contributed by atoms with van der Waals surface area (Å²) in [4.78, 5) is 12.2. The van der Waals surface area contributed by atoms with Crippen LogP contribution in [0.5, 0.6) is 5.75 Å². The van der Waals surface area contributed by atoms with Crippen LogP contribution in [0.2, 0.25) is 0 Å². The fourth-order valence-corrected chi connectivity index (χ4v) is 3.03. The molecule has 0 saturated heterocycles. The molecule has 31 heavy (non-hydrogen) atoms. The van der Waals surface area contributed by atoms with E-state index in [0.29, 0.717) is 23.8 Å². The van der Waals surface area contributed by atoms with Gasteiger partial charge in [0, 0.05) is 31.2 Å². The van der Waals surface area contributed by atoms with Gasteiger partial charge < -0.3 is 14.6 Å². The van der Waals surface area contributed by atoms with Gasteiger partial charge in [0.2, 0.25) is 11.9 Å². The molecule has 0 aliphatic heterocycles. The van der Waals surface area contributed by atoms with Crippen molar-refractivity contribution in [1.82, 2.24) is 29.3 Å². The normalized spacial score (nSPS) is 11.7. The third kappa shape index (κ3) is 4.84. The van der Waals surface area contributed by atoms with Crippen molar-refractivity contribution in [2.75, 3.05) is 5.32 Å². The van der Waals surface area contributed by atoms with Crippen LogP contribution in [0.15, 0.2) is 55.5 Å². The van der Waals surface area contributed by atoms with Gasteiger partial charge in [-0.05, 0) is 24.6 Å². The maximum absolute atomic E-state index is 13.1. The number of hydrogen-bond acceptors (Lipinski definition) is 7. The minimum absolute atomic E-state index is 0.307. The lowest BCUT2D eigenvalue weighted by molar-refractivity contribution is 0.199. The zero-order valence-corrected chi connectivity index (χ0v) is 16.9. The first-order chi connectivity index (χ1) is 15.0. The van der Waals surface area contributed by atoms with E-state index in [1.54, 1.807) is 40.0 Å². The van der Waals surface area contributed by atoms with Gasteiger partial charge in [-0.15, -0.1) is 0 Å². The molecule has 0 aliphatic rings. The third-order valence-corrected chi connectivity index (χ3v) is 4.45. The molecule has 1 aromatic carbocycles. The number of aromatic nitrogens is 6. The number of halogens is 1. The van der Waals surface area contributed by atoms with Crippen LogP contribution in [-0.4, -0.2) is 35.4 Å². The Morgan fingerprint density at radius 2 is 1.97 bits per heavy atom. The van der Waals surface area contributed by atoms with Crippen LogP contribution in [0.25, 0.3) is 11.1 Å². The number of nitrogens with zero attached hydrogens (tertiary/aromatic N) is 7. The molecule has 0 aliphatic carbocycles. The summed E-state index contributed by atoms with van der Waals surface area (Å²) in [6.45, 7) is 2.23. The molecule has 3 aromatic heterocycles. The molecule has 0 saturated carbocycles. The molecular weight excluding hydrogens is 399 g/mol. The Hall–Kier alpha value is -4.26. The number of anilines is 2. The first kappa shape index (κ1) is 20.0. The first-order valence-corrected chi connectivity index (χ1v) is 9.46. The Morgan fingerprint density at radius 3 is 2.61 bits per heavy atom. The lowest BCUT2D eigenvalue weighted by Crippen LogP contribution is -2.19. The highest BCUT2D eigenvalue weighted by Crippen LogP contribution is 2.28. The molecule has 0 amide bonds. The summed E-state index contributed by atoms with van der Waals surface area (Å²) in [5.74, 6) is 0.335. The predicted octanol–water partition coefficient (Wildman–Crippen LogP) is 3.30. The number of imidazole rings is 1. The molecule has 10 heteroatoms. The van der Waals surface area contributed by atoms with Crippen LogP contribution in [0.1, 0.15) is 12.5 Å². The summed E-state index contributed by atoms with van der Waals surface area (Å²) in [5, 5.41) is 16.6. The Kier molecular flexibility index (Phi) is 5.57. The van der Waals surface area contributed by atoms with Gasteiger partial charge in [0.15, 0.2) is 0 Å². The maximum atomic E-state index is 13.1. The molecule has 0 spiro atoms. The number of nitriles is 1. The van der Waals surface area contributed by atoms with E-state index in [2.05, 4.69) is 31.4 Å². The van der Waals surface area contributed by atoms with E-state index >= 15 is 0 Å². The van der Waals surface area contributed by atoms with E-state index in [9.17, 15) is 9.65 Å². The molecular formula is C21H19FN8O. The SMILES string of the molecule is C[C@@H](Cn1cnc(F)c1)Oc1cc(-c2cnc(Nc3cnn(C)c3)nc2)ccc1C#N. The third-order valence-electron chi connectivity index (χ3n) is 4.45. The highest BCUT2D eigenvalue weighted by atomic mass is 19.1. The number of benzene rings is 1. The van der Waals surface area contributed by atoms with Crippen molar-refractivity contribution in [1.29, 1.82) is 5.26 Å². The van der Waals surface area contributed by atoms with Crippen molar-refractivity contribution in [3.8, 4) is 22.9 Å². The molecule has 1 N–H and O–H groups in total. The molecule has 0 bridgehead atoms. The second-order valence-electron chi connectivity index (χ2n) is 6.97. The van der Waals surface area contributed by atoms with Gasteiger partial charge in [-0.25, -0.2) is 15.0 Å². The minimum Gasteiger partial charge on any atom is -0.487 e. The summed E-state index contributed by atoms with van der Waals surface area (Å²) in [7, 11) is 1.83. The van der Waals surface area contributed by atoms with Crippen molar-refractivity contribution in [2.45, 2.75) is 19.6 Å². The number of rotatable bonds is 7. The highest BCUT2D eigenvalue weighted by molar-refractivity contribution is 5.66. The number of ether oxygens (including phenoxy) is 1. The average Bonchev–Trinajstić information content (AvgIpc) is 3.35. The van der Waals surface area contributed by atoms with Crippen molar-refractivity contribution in [3.63, 3.8) is 0 Å². The summed E-state index contributed by atoms with van der Waals surface area (Å²) in [5.41, 5.74) is 2.78. The van der Waals surface area contributed by atoms with E-state index < -0.39 is 5.95 Å². The Balaban J connectivity index is 1.50. The van der Waals surface area contributed by atoms with Gasteiger partial charge in [0.05, 0.1) is 36.5 Å². The number of hydrogen-bond donors (Lipinski definition) is 1. The number of nitrogens with one attached hydrogen (secondary N) is 1. The van der Waals surface area contributed by atoms with Crippen molar-refractivity contribution >= 4 is 11.6 Å². The topological polar surface area (TPSA) is 106 Å². The van der Waals surface area contributed by atoms with Gasteiger partial charge in [-0.3, -0.25) is 4.68 Å². The quantitative estimate of drug-likeness (QED) is 0.491. The predicted molar refractivity (Wildman–Crippen MR) is 111 cm³/mol. The van der Waals surface area contributed by atoms with E-state index in [-0.39, 0.29) is 6.10 Å². The molecule has 1 atom stereocenters. The molecule has 4 rings (SSSR count). The molecule has 156 valence electrons. The average molecular weight is 418 g/mol. The van der Waals surface area contributed by atoms with Crippen LogP contribution in [0.4, 0.5) is 16.0 Å². The lowest BCUT2D eigenvalue weighted by Gasteiger charge is -2.17. The Bertz CT molecular complexity index is 1220. The molecule has 0 unspecified atom stereocenters. The first-order valence-electron chi connectivity index (χ1n) is 9.46. The van der Waals surface area contributed by atoms with E-state index in [1.165, 1.54) is 12.5 Å². The van der Waals surface area contributed by atoms with Gasteiger partial charge in [0.1, 0.15) is 17.9 Å². The van der Waals surface area contributed by atoms with Crippen LogP contribution in [0.3, 0.4) is 0 Å². The van der Waals surface area contributed by atoms with Crippen LogP contribution < -0.4 is 10.1 Å². The molecule has 9 nitrogen and oxygen atoms in total. The molecule has 3 heterocycles. The molecule has 4 aromatic rings. The van der Waals surface area contributed by atoms with Gasteiger partial charge >= 0.3 is 0 Å². The fourth-order valence-electron chi connectivity index (χ4n) is 3.03. The van der Waals surface area contributed by atoms with E-state index in [1.807, 2.05) is 26.2 Å². The van der Waals surface area contributed by atoms with Crippen molar-refractivity contribution in [2.24, 2.45) is 7.05 Å². The second kappa shape index (κ2) is 8.62. The largest absolute Gasteiger partial charge is 0.487 e. The summed E-state index contributed by atoms with van der Waals surface area (Å²) < 4.78 is 22.3. The lowest BCUT2D eigenvalue weighted by atomic mass is 10.1. The maximum Gasteiger partial charge on any atom is 0.230 e. The smallest absolute Gasteiger partial charge is 0.230 e. The van der Waals surface area contributed by atoms with Crippen molar-refractivity contribution in [3.05, 3.63) is 67.0 Å². The standard InChI is InChI=1S/C21H19FN8O/c1-14(10-30-12-20(22)26-13-30)31-19-5-15(3-4-16(19)6-23)17-7-24-21(25-8-17)28-18-9-27-29(2)11-18/h3-5,7-9,11-14H,10H2,1-2H3,(H,24,25,28)/t14-/m0/s1. The van der Waals surface area contributed by atoms with Crippen LogP contribution >= 0.6 is 0 Å². The van der Waals surface area contributed by atoms with Gasteiger partial charge in [0.25, 0.3) is 0 Å². The second-order valence-corrected chi connectivity index (χ2v) is 6.97. The molecule has 0 radical (unpaired) electrons.